The van der Waals surface area contributed by atoms with Crippen LogP contribution in [-0.2, 0) is 13.6 Å². The number of phenols is 2. The van der Waals surface area contributed by atoms with Gasteiger partial charge in [-0.25, -0.2) is 0 Å². The van der Waals surface area contributed by atoms with Crippen LogP contribution < -0.4 is 5.30 Å². The molecule has 1 aliphatic rings. The van der Waals surface area contributed by atoms with Crippen molar-refractivity contribution >= 4 is 12.9 Å². The second-order valence-corrected chi connectivity index (χ2v) is 8.27. The molecular weight excluding hydrogens is 315 g/mol. The molecule has 0 aliphatic carbocycles. The van der Waals surface area contributed by atoms with Gasteiger partial charge in [-0.2, -0.15) is 0 Å². The van der Waals surface area contributed by atoms with E-state index in [0.717, 1.165) is 5.56 Å². The van der Waals surface area contributed by atoms with Gasteiger partial charge in [0.1, 0.15) is 16.8 Å². The summed E-state index contributed by atoms with van der Waals surface area (Å²) in [5, 5.41) is 19.6. The third-order valence-corrected chi connectivity index (χ3v) is 5.82. The highest BCUT2D eigenvalue weighted by atomic mass is 31.2. The number of benzene rings is 2. The second-order valence-electron chi connectivity index (χ2n) is 6.33. The van der Waals surface area contributed by atoms with Crippen LogP contribution in [0.15, 0.2) is 48.5 Å². The van der Waals surface area contributed by atoms with E-state index >= 15 is 0 Å². The van der Waals surface area contributed by atoms with Gasteiger partial charge in [0.15, 0.2) is 0 Å². The highest BCUT2D eigenvalue weighted by Gasteiger charge is 2.47. The van der Waals surface area contributed by atoms with Crippen molar-refractivity contribution in [2.75, 3.05) is 6.61 Å². The molecule has 2 atom stereocenters. The average Bonchev–Trinajstić information content (AvgIpc) is 2.53. The van der Waals surface area contributed by atoms with Crippen molar-refractivity contribution in [3.8, 4) is 11.5 Å². The average molecular weight is 334 g/mol. The fraction of sp³-hybridized carbons (Fsp3) is 0.294. The van der Waals surface area contributed by atoms with E-state index in [9.17, 15) is 14.8 Å². The van der Waals surface area contributed by atoms with Gasteiger partial charge in [-0.15, -0.1) is 0 Å². The molecule has 2 aromatic rings. The second kappa shape index (κ2) is 5.68. The standard InChI is InChI=1S/C17H19O5P/c1-17(2)11-21-23(20,15-10-13(18)8-9-14(15)19)22-16(17)12-6-4-3-5-7-12/h3-10,16,18-19H,11H2,1-2H3. The summed E-state index contributed by atoms with van der Waals surface area (Å²) in [6.45, 7) is 4.14. The van der Waals surface area contributed by atoms with E-state index in [1.54, 1.807) is 0 Å². The van der Waals surface area contributed by atoms with E-state index in [1.807, 2.05) is 44.2 Å². The predicted octanol–water partition coefficient (Wildman–Crippen LogP) is 3.73. The zero-order valence-electron chi connectivity index (χ0n) is 13.0. The van der Waals surface area contributed by atoms with Crippen LogP contribution in [0.1, 0.15) is 25.5 Å². The number of aromatic hydroxyl groups is 2. The maximum Gasteiger partial charge on any atom is 0.365 e. The van der Waals surface area contributed by atoms with Crippen molar-refractivity contribution in [2.45, 2.75) is 20.0 Å². The number of hydrogen-bond donors (Lipinski definition) is 2. The molecule has 1 heterocycles. The van der Waals surface area contributed by atoms with Gasteiger partial charge in [-0.1, -0.05) is 44.2 Å². The maximum atomic E-state index is 13.2. The lowest BCUT2D eigenvalue weighted by molar-refractivity contribution is -0.0228. The smallest absolute Gasteiger partial charge is 0.365 e. The summed E-state index contributed by atoms with van der Waals surface area (Å²) < 4.78 is 24.5. The number of rotatable bonds is 2. The maximum absolute atomic E-state index is 13.2. The summed E-state index contributed by atoms with van der Waals surface area (Å²) in [6, 6.07) is 13.3. The van der Waals surface area contributed by atoms with Crippen molar-refractivity contribution < 1.29 is 23.8 Å². The molecule has 0 saturated carbocycles. The largest absolute Gasteiger partial charge is 0.508 e. The van der Waals surface area contributed by atoms with E-state index < -0.39 is 13.7 Å². The lowest BCUT2D eigenvalue weighted by Crippen LogP contribution is -2.35. The van der Waals surface area contributed by atoms with Gasteiger partial charge in [0.2, 0.25) is 0 Å². The minimum absolute atomic E-state index is 0.0195. The van der Waals surface area contributed by atoms with Crippen molar-refractivity contribution in [3.63, 3.8) is 0 Å². The molecule has 1 fully saturated rings. The summed E-state index contributed by atoms with van der Waals surface area (Å²) in [7, 11) is -3.74. The van der Waals surface area contributed by atoms with Crippen molar-refractivity contribution in [1.82, 2.24) is 0 Å². The zero-order chi connectivity index (χ0) is 16.7. The van der Waals surface area contributed by atoms with Crippen LogP contribution in [0, 0.1) is 5.41 Å². The molecule has 1 aliphatic heterocycles. The highest BCUT2D eigenvalue weighted by Crippen LogP contribution is 2.61. The van der Waals surface area contributed by atoms with E-state index in [0.29, 0.717) is 0 Å². The van der Waals surface area contributed by atoms with Crippen LogP contribution >= 0.6 is 7.60 Å². The molecule has 0 spiro atoms. The molecule has 122 valence electrons. The van der Waals surface area contributed by atoms with Crippen LogP contribution in [-0.4, -0.2) is 16.8 Å². The first-order chi connectivity index (χ1) is 10.8. The quantitative estimate of drug-likeness (QED) is 0.646. The number of hydrogen-bond acceptors (Lipinski definition) is 5. The lowest BCUT2D eigenvalue weighted by atomic mass is 9.83. The molecule has 1 saturated heterocycles. The molecule has 23 heavy (non-hydrogen) atoms. The van der Waals surface area contributed by atoms with Crippen LogP contribution in [0.5, 0.6) is 11.5 Å². The molecule has 0 bridgehead atoms. The van der Waals surface area contributed by atoms with Crippen molar-refractivity contribution in [2.24, 2.45) is 5.41 Å². The number of phenolic OH excluding ortho intramolecular Hbond substituents is 2. The van der Waals surface area contributed by atoms with E-state index in [-0.39, 0.29) is 28.8 Å². The molecule has 5 nitrogen and oxygen atoms in total. The summed E-state index contributed by atoms with van der Waals surface area (Å²) in [5.74, 6) is -0.334. The van der Waals surface area contributed by atoms with Gasteiger partial charge >= 0.3 is 7.60 Å². The third kappa shape index (κ3) is 3.00. The first-order valence-electron chi connectivity index (χ1n) is 7.32. The van der Waals surface area contributed by atoms with Crippen LogP contribution in [0.2, 0.25) is 0 Å². The Bertz CT molecular complexity index is 757. The Morgan fingerprint density at radius 1 is 1.13 bits per heavy atom. The van der Waals surface area contributed by atoms with Gasteiger partial charge in [0, 0.05) is 5.41 Å². The van der Waals surface area contributed by atoms with Crippen LogP contribution in [0.3, 0.4) is 0 Å². The summed E-state index contributed by atoms with van der Waals surface area (Å²) in [6.07, 6.45) is -0.454. The van der Waals surface area contributed by atoms with Crippen LogP contribution in [0.25, 0.3) is 0 Å². The molecule has 0 aromatic heterocycles. The van der Waals surface area contributed by atoms with Crippen molar-refractivity contribution in [1.29, 1.82) is 0 Å². The Morgan fingerprint density at radius 2 is 1.83 bits per heavy atom. The van der Waals surface area contributed by atoms with E-state index in [1.165, 1.54) is 18.2 Å². The van der Waals surface area contributed by atoms with Gasteiger partial charge in [0.25, 0.3) is 0 Å². The highest BCUT2D eigenvalue weighted by molar-refractivity contribution is 7.62. The molecule has 6 heteroatoms. The topological polar surface area (TPSA) is 76.0 Å². The van der Waals surface area contributed by atoms with Gasteiger partial charge in [0.05, 0.1) is 12.7 Å². The zero-order valence-corrected chi connectivity index (χ0v) is 13.9. The van der Waals surface area contributed by atoms with E-state index in [2.05, 4.69) is 0 Å². The first kappa shape index (κ1) is 16.1. The fourth-order valence-corrected chi connectivity index (χ4v) is 4.78. The minimum atomic E-state index is -3.74. The monoisotopic (exact) mass is 334 g/mol. The van der Waals surface area contributed by atoms with Crippen LogP contribution in [0.4, 0.5) is 0 Å². The SMILES string of the molecule is CC1(C)COP(=O)(c2cc(O)ccc2O)OC1c1ccccc1. The molecule has 0 radical (unpaired) electrons. The summed E-state index contributed by atoms with van der Waals surface area (Å²) >= 11 is 0. The summed E-state index contributed by atoms with van der Waals surface area (Å²) in [5.41, 5.74) is 0.502. The first-order valence-corrected chi connectivity index (χ1v) is 8.87. The molecule has 2 unspecified atom stereocenters. The molecule has 2 N–H and O–H groups in total. The molecular formula is C17H19O5P. The van der Waals surface area contributed by atoms with Crippen molar-refractivity contribution in [3.05, 3.63) is 54.1 Å². The molecule has 3 rings (SSSR count). The minimum Gasteiger partial charge on any atom is -0.508 e. The Morgan fingerprint density at radius 3 is 2.52 bits per heavy atom. The third-order valence-electron chi connectivity index (χ3n) is 3.92. The molecule has 0 amide bonds. The Kier molecular flexibility index (Phi) is 3.96. The normalized spacial score (nSPS) is 26.8. The lowest BCUT2D eigenvalue weighted by Gasteiger charge is -2.41. The Labute approximate surface area is 135 Å². The van der Waals surface area contributed by atoms with Gasteiger partial charge < -0.3 is 14.7 Å². The van der Waals surface area contributed by atoms with Gasteiger partial charge in [-0.3, -0.25) is 9.09 Å². The predicted molar refractivity (Wildman–Crippen MR) is 87.0 cm³/mol. The fourth-order valence-electron chi connectivity index (χ4n) is 2.64. The molecule has 2 aromatic carbocycles. The Hall–Kier alpha value is -1.81. The van der Waals surface area contributed by atoms with E-state index in [4.69, 9.17) is 9.05 Å². The Balaban J connectivity index is 2.03. The van der Waals surface area contributed by atoms with Gasteiger partial charge in [-0.05, 0) is 23.8 Å². The summed E-state index contributed by atoms with van der Waals surface area (Å²) in [4.78, 5) is 0.